The Morgan fingerprint density at radius 1 is 1.02 bits per heavy atom. The third kappa shape index (κ3) is 8.27. The molecule has 13 nitrogen and oxygen atoms in total. The Labute approximate surface area is 284 Å². The fourth-order valence-corrected chi connectivity index (χ4v) is 6.30. The Kier molecular flexibility index (Phi) is 10.9. The van der Waals surface area contributed by atoms with Gasteiger partial charge in [0, 0.05) is 17.3 Å². The van der Waals surface area contributed by atoms with E-state index in [9.17, 15) is 24.0 Å². The number of carbonyl (C=O) groups is 5. The van der Waals surface area contributed by atoms with Gasteiger partial charge in [-0.1, -0.05) is 65.8 Å². The zero-order valence-corrected chi connectivity index (χ0v) is 27.8. The number of β-lactam (4-membered cyclic amide) rings is 1. The van der Waals surface area contributed by atoms with Crippen LogP contribution in [-0.2, 0) is 43.0 Å². The van der Waals surface area contributed by atoms with Crippen molar-refractivity contribution in [2.24, 2.45) is 10.6 Å². The van der Waals surface area contributed by atoms with Crippen LogP contribution in [0.5, 0.6) is 0 Å². The molecule has 0 bridgehead atoms. The van der Waals surface area contributed by atoms with Gasteiger partial charge in [0.05, 0.1) is 16.5 Å². The second-order valence-electron chi connectivity index (χ2n) is 11.6. The van der Waals surface area contributed by atoms with Crippen LogP contribution in [-0.4, -0.2) is 75.9 Å². The summed E-state index contributed by atoms with van der Waals surface area (Å²) in [5.41, 5.74) is 2.44. The highest BCUT2D eigenvalue weighted by Gasteiger charge is 2.50. The van der Waals surface area contributed by atoms with Crippen molar-refractivity contribution in [2.45, 2.75) is 38.3 Å². The number of aromatic nitrogens is 1. The zero-order valence-electron chi connectivity index (χ0n) is 26.2. The summed E-state index contributed by atoms with van der Waals surface area (Å²) in [6.07, 6.45) is 0.680. The molecule has 15 heteroatoms. The average Bonchev–Trinajstić information content (AvgIpc) is 3.62. The highest BCUT2D eigenvalue weighted by atomic mass is 32.2. The van der Waals surface area contributed by atoms with Gasteiger partial charge in [0.25, 0.3) is 11.8 Å². The monoisotopic (exact) mass is 692 g/mol. The minimum absolute atomic E-state index is 0.189. The quantitative estimate of drug-likeness (QED) is 0.0971. The fraction of sp³-hybridized carbons (Fsp3) is 0.303. The summed E-state index contributed by atoms with van der Waals surface area (Å²) < 4.78 is 15.7. The molecule has 1 N–H and O–H groups in total. The lowest BCUT2D eigenvalue weighted by Gasteiger charge is -2.47. The highest BCUT2D eigenvalue weighted by Crippen LogP contribution is 2.36. The van der Waals surface area contributed by atoms with E-state index in [1.165, 1.54) is 39.7 Å². The topological polar surface area (TPSA) is 163 Å². The van der Waals surface area contributed by atoms with E-state index in [-0.39, 0.29) is 22.7 Å². The van der Waals surface area contributed by atoms with E-state index in [1.807, 2.05) is 60.7 Å². The molecule has 250 valence electrons. The van der Waals surface area contributed by atoms with E-state index in [1.54, 1.807) is 26.2 Å². The zero-order chi connectivity index (χ0) is 34.3. The van der Waals surface area contributed by atoms with Gasteiger partial charge in [-0.05, 0) is 31.9 Å². The van der Waals surface area contributed by atoms with Gasteiger partial charge in [0.1, 0.15) is 17.1 Å². The Morgan fingerprint density at radius 3 is 2.29 bits per heavy atom. The van der Waals surface area contributed by atoms with Crippen molar-refractivity contribution in [1.29, 1.82) is 0 Å². The third-order valence-corrected chi connectivity index (χ3v) is 8.91. The van der Waals surface area contributed by atoms with Crippen molar-refractivity contribution in [3.05, 3.63) is 100 Å². The van der Waals surface area contributed by atoms with Gasteiger partial charge >= 0.3 is 17.9 Å². The maximum Gasteiger partial charge on any atom is 0.347 e. The van der Waals surface area contributed by atoms with Crippen LogP contribution in [0.4, 0.5) is 0 Å². The Hall–Kier alpha value is -5.02. The van der Waals surface area contributed by atoms with Crippen LogP contribution in [0.3, 0.4) is 0 Å². The molecule has 1 saturated heterocycles. The van der Waals surface area contributed by atoms with E-state index < -0.39 is 66.1 Å². The van der Waals surface area contributed by atoms with E-state index in [0.29, 0.717) is 0 Å². The molecule has 1 aromatic heterocycles. The second-order valence-corrected chi connectivity index (χ2v) is 13.4. The predicted molar refractivity (Wildman–Crippen MR) is 175 cm³/mol. The first-order valence-electron chi connectivity index (χ1n) is 14.7. The minimum Gasteiger partial charge on any atom is -0.450 e. The highest BCUT2D eigenvalue weighted by molar-refractivity contribution is 8.00. The summed E-state index contributed by atoms with van der Waals surface area (Å²) in [6, 6.07) is 17.6. The van der Waals surface area contributed by atoms with Gasteiger partial charge in [-0.2, -0.15) is 0 Å². The molecular weight excluding hydrogens is 661 g/mol. The number of hydrogen-bond donors (Lipinski definition) is 1. The summed E-state index contributed by atoms with van der Waals surface area (Å²) in [5, 5.41) is 7.64. The molecule has 1 fully saturated rings. The van der Waals surface area contributed by atoms with Crippen LogP contribution in [0.1, 0.15) is 43.7 Å². The number of nitrogens with one attached hydrogen (secondary N) is 1. The molecule has 2 aliphatic heterocycles. The predicted octanol–water partition coefficient (Wildman–Crippen LogP) is 3.57. The largest absolute Gasteiger partial charge is 0.450 e. The molecule has 0 saturated carbocycles. The van der Waals surface area contributed by atoms with Crippen molar-refractivity contribution in [2.75, 3.05) is 19.2 Å². The van der Waals surface area contributed by atoms with Gasteiger partial charge in [-0.15, -0.1) is 23.1 Å². The van der Waals surface area contributed by atoms with Crippen molar-refractivity contribution in [3.63, 3.8) is 0 Å². The number of oxime groups is 1. The van der Waals surface area contributed by atoms with Gasteiger partial charge in [-0.3, -0.25) is 14.4 Å². The maximum absolute atomic E-state index is 13.3. The summed E-state index contributed by atoms with van der Waals surface area (Å²) in [5.74, 6) is -2.97. The number of rotatable bonds is 12. The van der Waals surface area contributed by atoms with Gasteiger partial charge < -0.3 is 29.3 Å². The van der Waals surface area contributed by atoms with Crippen molar-refractivity contribution < 1.29 is 43.0 Å². The number of amides is 2. The number of hydrogen-bond acceptors (Lipinski definition) is 13. The summed E-state index contributed by atoms with van der Waals surface area (Å²) in [7, 11) is 0. The normalized spacial score (nSPS) is 17.4. The average molecular weight is 693 g/mol. The molecule has 1 unspecified atom stereocenters. The molecule has 2 aliphatic rings. The minimum atomic E-state index is -0.921. The number of fused-ring (bicyclic) bond motifs is 1. The van der Waals surface area contributed by atoms with Crippen LogP contribution in [0, 0.1) is 5.41 Å². The SMILES string of the molecule is CC(C)(C)C(=O)OCOC(=O)C1=CN2C(=O)C(NC(=O)C(=NOCC(=O)OC(c3ccccc3)c3ccccc3)c3cscn3)[C@H]2SC1. The molecule has 2 amide bonds. The first kappa shape index (κ1) is 34.3. The lowest BCUT2D eigenvalue weighted by Crippen LogP contribution is -2.69. The summed E-state index contributed by atoms with van der Waals surface area (Å²) in [6.45, 7) is 3.88. The number of carbonyl (C=O) groups excluding carboxylic acids is 5. The molecule has 2 aromatic carbocycles. The molecule has 3 aromatic rings. The molecule has 48 heavy (non-hydrogen) atoms. The summed E-state index contributed by atoms with van der Waals surface area (Å²) in [4.78, 5) is 74.2. The summed E-state index contributed by atoms with van der Waals surface area (Å²) >= 11 is 2.47. The molecule has 0 radical (unpaired) electrons. The number of ether oxygens (including phenoxy) is 3. The standard InChI is InChI=1S/C33H32N4O9S2/c1-33(2,3)32(42)44-19-43-31(41)22-14-37-29(40)26(30(37)48-16-22)35-28(39)25(23-17-47-18-34-23)36-45-15-24(38)46-27(20-10-6-4-7-11-20)21-12-8-5-9-13-21/h4-14,17-18,26-27,30H,15-16,19H2,1-3H3,(H,35,39)/t26?,30-/m1/s1. The Balaban J connectivity index is 1.18. The van der Waals surface area contributed by atoms with E-state index in [0.717, 1.165) is 11.1 Å². The van der Waals surface area contributed by atoms with Gasteiger partial charge in [0.2, 0.25) is 13.4 Å². The lowest BCUT2D eigenvalue weighted by atomic mass is 9.98. The van der Waals surface area contributed by atoms with E-state index >= 15 is 0 Å². The molecular formula is C33H32N4O9S2. The van der Waals surface area contributed by atoms with E-state index in [2.05, 4.69) is 15.5 Å². The first-order valence-corrected chi connectivity index (χ1v) is 16.7. The van der Waals surface area contributed by atoms with Crippen LogP contribution in [0.2, 0.25) is 0 Å². The molecule has 3 heterocycles. The molecule has 5 rings (SSSR count). The smallest absolute Gasteiger partial charge is 0.347 e. The number of benzene rings is 2. The van der Waals surface area contributed by atoms with Crippen molar-refractivity contribution >= 4 is 58.5 Å². The fourth-order valence-electron chi connectivity index (χ4n) is 4.51. The Morgan fingerprint density at radius 2 is 1.69 bits per heavy atom. The van der Waals surface area contributed by atoms with Crippen LogP contribution in [0.15, 0.2) is 88.5 Å². The second kappa shape index (κ2) is 15.3. The van der Waals surface area contributed by atoms with Gasteiger partial charge in [-0.25, -0.2) is 14.6 Å². The van der Waals surface area contributed by atoms with Gasteiger partial charge in [0.15, 0.2) is 11.8 Å². The molecule has 0 spiro atoms. The lowest BCUT2D eigenvalue weighted by molar-refractivity contribution is -0.171. The van der Waals surface area contributed by atoms with Crippen LogP contribution >= 0.6 is 23.1 Å². The number of thiazole rings is 1. The van der Waals surface area contributed by atoms with Crippen LogP contribution < -0.4 is 5.32 Å². The number of nitrogens with zero attached hydrogens (tertiary/aromatic N) is 3. The van der Waals surface area contributed by atoms with Crippen molar-refractivity contribution in [3.8, 4) is 0 Å². The maximum atomic E-state index is 13.3. The first-order chi connectivity index (χ1) is 23.0. The third-order valence-electron chi connectivity index (χ3n) is 7.01. The van der Waals surface area contributed by atoms with Crippen LogP contribution in [0.25, 0.3) is 0 Å². The van der Waals surface area contributed by atoms with E-state index in [4.69, 9.17) is 19.0 Å². The number of thioether (sulfide) groups is 1. The number of esters is 3. The Bertz CT molecular complexity index is 1670. The molecule has 0 aliphatic carbocycles. The molecule has 2 atom stereocenters. The van der Waals surface area contributed by atoms with Crippen molar-refractivity contribution in [1.82, 2.24) is 15.2 Å².